The Morgan fingerprint density at radius 3 is 2.55 bits per heavy atom. The summed E-state index contributed by atoms with van der Waals surface area (Å²) in [6, 6.07) is 3.50. The minimum atomic E-state index is -3.58. The molecule has 7 heteroatoms. The molecule has 0 spiro atoms. The fraction of sp³-hybridized carbons (Fsp3) is 0.692. The van der Waals surface area contributed by atoms with Crippen molar-refractivity contribution in [3.63, 3.8) is 0 Å². The Morgan fingerprint density at radius 2 is 2.00 bits per heavy atom. The number of hydrogen-bond acceptors (Lipinski definition) is 5. The smallest absolute Gasteiger partial charge is 0.274 e. The Bertz CT molecular complexity index is 521. The van der Waals surface area contributed by atoms with Gasteiger partial charge in [0.25, 0.3) is 10.0 Å². The summed E-state index contributed by atoms with van der Waals surface area (Å²) in [6.07, 6.45) is 1.96. The topological polar surface area (TPSA) is 71.3 Å². The molecule has 0 aliphatic heterocycles. The van der Waals surface area contributed by atoms with Gasteiger partial charge in [0.2, 0.25) is 5.09 Å². The highest BCUT2D eigenvalue weighted by Crippen LogP contribution is 2.21. The van der Waals surface area contributed by atoms with Crippen LogP contribution in [0, 0.1) is 0 Å². The van der Waals surface area contributed by atoms with Crippen LogP contribution in [-0.4, -0.2) is 32.0 Å². The molecule has 0 aliphatic rings. The van der Waals surface area contributed by atoms with Crippen LogP contribution in [0.2, 0.25) is 0 Å². The quantitative estimate of drug-likeness (QED) is 0.768. The van der Waals surface area contributed by atoms with Crippen LogP contribution >= 0.6 is 11.8 Å². The molecule has 116 valence electrons. The highest BCUT2D eigenvalue weighted by Gasteiger charge is 2.23. The molecular formula is C13H24N2O3S2. The molecule has 0 bridgehead atoms. The molecule has 5 nitrogen and oxygen atoms in total. The molecule has 2 N–H and O–H groups in total. The standard InChI is InChI=1S/C13H24N2O3S2/c1-10(2)14-8-11-6-7-12(18-11)20(16,17)15-9-13(3,4)19-5/h6-7,10,14-15H,8-9H2,1-5H3. The van der Waals surface area contributed by atoms with E-state index in [1.165, 1.54) is 6.07 Å². The lowest BCUT2D eigenvalue weighted by Gasteiger charge is -2.21. The molecule has 0 atom stereocenters. The van der Waals surface area contributed by atoms with Gasteiger partial charge in [0.1, 0.15) is 5.76 Å². The first kappa shape index (κ1) is 17.6. The van der Waals surface area contributed by atoms with Gasteiger partial charge in [0, 0.05) is 17.3 Å². The van der Waals surface area contributed by atoms with E-state index < -0.39 is 10.0 Å². The number of rotatable bonds is 8. The normalized spacial score (nSPS) is 13.1. The zero-order valence-electron chi connectivity index (χ0n) is 12.7. The first-order valence-electron chi connectivity index (χ1n) is 6.53. The molecule has 0 fully saturated rings. The van der Waals surface area contributed by atoms with E-state index in [0.717, 1.165) is 0 Å². The largest absolute Gasteiger partial charge is 0.447 e. The lowest BCUT2D eigenvalue weighted by molar-refractivity contribution is 0.392. The second-order valence-corrected chi connectivity index (χ2v) is 8.76. The summed E-state index contributed by atoms with van der Waals surface area (Å²) >= 11 is 1.61. The maximum Gasteiger partial charge on any atom is 0.274 e. The first-order valence-corrected chi connectivity index (χ1v) is 9.24. The van der Waals surface area contributed by atoms with E-state index in [4.69, 9.17) is 4.42 Å². The molecule has 0 saturated carbocycles. The van der Waals surface area contributed by atoms with Crippen LogP contribution in [0.25, 0.3) is 0 Å². The van der Waals surface area contributed by atoms with Crippen LogP contribution < -0.4 is 10.0 Å². The number of nitrogens with one attached hydrogen (secondary N) is 2. The Balaban J connectivity index is 2.69. The predicted octanol–water partition coefficient (Wildman–Crippen LogP) is 2.20. The molecule has 0 aliphatic carbocycles. The molecule has 0 saturated heterocycles. The highest BCUT2D eigenvalue weighted by atomic mass is 32.2. The summed E-state index contributed by atoms with van der Waals surface area (Å²) in [7, 11) is -3.58. The fourth-order valence-corrected chi connectivity index (χ4v) is 2.78. The summed E-state index contributed by atoms with van der Waals surface area (Å²) < 4.78 is 32.0. The van der Waals surface area contributed by atoms with Gasteiger partial charge in [-0.1, -0.05) is 13.8 Å². The van der Waals surface area contributed by atoms with E-state index in [1.54, 1.807) is 17.8 Å². The second kappa shape index (κ2) is 6.98. The molecule has 0 amide bonds. The van der Waals surface area contributed by atoms with Crippen molar-refractivity contribution >= 4 is 21.8 Å². The van der Waals surface area contributed by atoms with Gasteiger partial charge in [-0.3, -0.25) is 0 Å². The van der Waals surface area contributed by atoms with Gasteiger partial charge in [0.15, 0.2) is 0 Å². The number of furan rings is 1. The van der Waals surface area contributed by atoms with E-state index in [9.17, 15) is 8.42 Å². The van der Waals surface area contributed by atoms with E-state index in [1.807, 2.05) is 34.0 Å². The van der Waals surface area contributed by atoms with Crippen LogP contribution in [-0.2, 0) is 16.6 Å². The second-order valence-electron chi connectivity index (χ2n) is 5.54. The Hall–Kier alpha value is -0.500. The molecule has 1 heterocycles. The van der Waals surface area contributed by atoms with Crippen molar-refractivity contribution in [3.05, 3.63) is 17.9 Å². The minimum Gasteiger partial charge on any atom is -0.447 e. The van der Waals surface area contributed by atoms with Crippen molar-refractivity contribution in [2.75, 3.05) is 12.8 Å². The third-order valence-electron chi connectivity index (χ3n) is 2.83. The average molecular weight is 320 g/mol. The van der Waals surface area contributed by atoms with Gasteiger partial charge >= 0.3 is 0 Å². The molecule has 1 aromatic rings. The van der Waals surface area contributed by atoms with Crippen LogP contribution in [0.3, 0.4) is 0 Å². The van der Waals surface area contributed by atoms with Gasteiger partial charge < -0.3 is 9.73 Å². The molecule has 0 radical (unpaired) electrons. The van der Waals surface area contributed by atoms with Crippen LogP contribution in [0.4, 0.5) is 0 Å². The maximum absolute atomic E-state index is 12.1. The van der Waals surface area contributed by atoms with E-state index >= 15 is 0 Å². The van der Waals surface area contributed by atoms with Crippen molar-refractivity contribution in [1.29, 1.82) is 0 Å². The molecular weight excluding hydrogens is 296 g/mol. The maximum atomic E-state index is 12.1. The fourth-order valence-electron chi connectivity index (χ4n) is 1.31. The molecule has 0 unspecified atom stereocenters. The summed E-state index contributed by atoms with van der Waals surface area (Å²) in [5.74, 6) is 0.614. The highest BCUT2D eigenvalue weighted by molar-refractivity contribution is 8.00. The van der Waals surface area contributed by atoms with Gasteiger partial charge in [-0.2, -0.15) is 11.8 Å². The van der Waals surface area contributed by atoms with Crippen molar-refractivity contribution in [3.8, 4) is 0 Å². The van der Waals surface area contributed by atoms with Crippen LogP contribution in [0.1, 0.15) is 33.5 Å². The van der Waals surface area contributed by atoms with Crippen molar-refractivity contribution in [2.24, 2.45) is 0 Å². The third-order valence-corrected chi connectivity index (χ3v) is 5.35. The van der Waals surface area contributed by atoms with Gasteiger partial charge in [-0.05, 0) is 32.2 Å². The average Bonchev–Trinajstić information content (AvgIpc) is 2.84. The summed E-state index contributed by atoms with van der Waals surface area (Å²) in [6.45, 7) is 8.89. The van der Waals surface area contributed by atoms with E-state index in [-0.39, 0.29) is 9.84 Å². The molecule has 20 heavy (non-hydrogen) atoms. The lowest BCUT2D eigenvalue weighted by atomic mass is 10.2. The zero-order chi connectivity index (χ0) is 15.4. The zero-order valence-corrected chi connectivity index (χ0v) is 14.3. The van der Waals surface area contributed by atoms with Crippen molar-refractivity contribution in [1.82, 2.24) is 10.0 Å². The number of thioether (sulfide) groups is 1. The Morgan fingerprint density at radius 1 is 1.35 bits per heavy atom. The molecule has 1 rings (SSSR count). The SMILES string of the molecule is CSC(C)(C)CNS(=O)(=O)c1ccc(CNC(C)C)o1. The Labute approximate surface area is 125 Å². The minimum absolute atomic E-state index is 0.0324. The third kappa shape index (κ3) is 5.47. The lowest BCUT2D eigenvalue weighted by Crippen LogP contribution is -2.35. The molecule has 1 aromatic heterocycles. The number of sulfonamides is 1. The summed E-state index contributed by atoms with van der Waals surface area (Å²) in [5, 5.41) is 3.15. The van der Waals surface area contributed by atoms with Gasteiger partial charge in [-0.15, -0.1) is 0 Å². The van der Waals surface area contributed by atoms with Gasteiger partial charge in [-0.25, -0.2) is 13.1 Å². The Kier molecular flexibility index (Phi) is 6.12. The number of hydrogen-bond donors (Lipinski definition) is 2. The summed E-state index contributed by atoms with van der Waals surface area (Å²) in [5.41, 5.74) is 0. The van der Waals surface area contributed by atoms with E-state index in [2.05, 4.69) is 10.0 Å². The predicted molar refractivity (Wildman–Crippen MR) is 83.5 cm³/mol. The van der Waals surface area contributed by atoms with Crippen LogP contribution in [0.15, 0.2) is 21.6 Å². The van der Waals surface area contributed by atoms with Gasteiger partial charge in [0.05, 0.1) is 6.54 Å². The van der Waals surface area contributed by atoms with Crippen molar-refractivity contribution in [2.45, 2.75) is 50.1 Å². The first-order chi connectivity index (χ1) is 9.16. The molecule has 0 aromatic carbocycles. The van der Waals surface area contributed by atoms with E-state index in [0.29, 0.717) is 24.9 Å². The monoisotopic (exact) mass is 320 g/mol. The van der Waals surface area contributed by atoms with Crippen molar-refractivity contribution < 1.29 is 12.8 Å². The van der Waals surface area contributed by atoms with Crippen LogP contribution in [0.5, 0.6) is 0 Å². The summed E-state index contributed by atoms with van der Waals surface area (Å²) in [4.78, 5) is 0.